The summed E-state index contributed by atoms with van der Waals surface area (Å²) in [5, 5.41) is 20.8. The molecule has 0 atom stereocenters. The molecule has 0 unspecified atom stereocenters. The number of phenolic OH excluding ortho intramolecular Hbond substituents is 1. The maximum absolute atomic E-state index is 12.1. The number of carbonyl (C=O) groups is 1. The van der Waals surface area contributed by atoms with Crippen LogP contribution in [0.4, 0.5) is 0 Å². The molecule has 0 aliphatic carbocycles. The summed E-state index contributed by atoms with van der Waals surface area (Å²) in [7, 11) is 0. The van der Waals surface area contributed by atoms with Gasteiger partial charge in [-0.15, -0.1) is 0 Å². The molecule has 1 heterocycles. The summed E-state index contributed by atoms with van der Waals surface area (Å²) in [6.45, 7) is 0. The van der Waals surface area contributed by atoms with E-state index in [0.717, 1.165) is 10.0 Å². The number of halogens is 2. The number of rotatable bonds is 4. The van der Waals surface area contributed by atoms with E-state index in [4.69, 9.17) is 11.6 Å². The van der Waals surface area contributed by atoms with E-state index >= 15 is 0 Å². The van der Waals surface area contributed by atoms with Crippen LogP contribution in [0.5, 0.6) is 5.75 Å². The van der Waals surface area contributed by atoms with Gasteiger partial charge >= 0.3 is 0 Å². The average molecular weight is 420 g/mol. The molecule has 6 nitrogen and oxygen atoms in total. The number of hydrogen-bond acceptors (Lipinski definition) is 4. The van der Waals surface area contributed by atoms with Crippen LogP contribution in [0.2, 0.25) is 5.02 Å². The number of nitrogens with one attached hydrogen (secondary N) is 2. The number of H-pyrrole nitrogens is 1. The highest BCUT2D eigenvalue weighted by Gasteiger charge is 2.12. The molecule has 1 amide bonds. The van der Waals surface area contributed by atoms with Crippen molar-refractivity contribution in [2.75, 3.05) is 0 Å². The van der Waals surface area contributed by atoms with E-state index in [1.165, 1.54) is 12.3 Å². The van der Waals surface area contributed by atoms with Gasteiger partial charge in [-0.3, -0.25) is 9.89 Å². The summed E-state index contributed by atoms with van der Waals surface area (Å²) >= 11 is 9.42. The van der Waals surface area contributed by atoms with Gasteiger partial charge in [-0.05, 0) is 30.3 Å². The van der Waals surface area contributed by atoms with Gasteiger partial charge in [-0.2, -0.15) is 10.2 Å². The summed E-state index contributed by atoms with van der Waals surface area (Å²) in [6.07, 6.45) is 1.35. The largest absolute Gasteiger partial charge is 0.507 e. The number of hydrogen-bond donors (Lipinski definition) is 3. The maximum Gasteiger partial charge on any atom is 0.289 e. The number of benzene rings is 2. The molecule has 2 aromatic carbocycles. The zero-order valence-corrected chi connectivity index (χ0v) is 15.0. The average Bonchev–Trinajstić information content (AvgIpc) is 3.08. The molecule has 0 saturated carbocycles. The van der Waals surface area contributed by atoms with Crippen molar-refractivity contribution < 1.29 is 9.90 Å². The molecule has 3 rings (SSSR count). The summed E-state index contributed by atoms with van der Waals surface area (Å²) < 4.78 is 0.788. The molecule has 3 aromatic rings. The monoisotopic (exact) mass is 418 g/mol. The van der Waals surface area contributed by atoms with E-state index in [0.29, 0.717) is 16.3 Å². The van der Waals surface area contributed by atoms with Crippen molar-refractivity contribution in [3.05, 3.63) is 69.3 Å². The standard InChI is InChI=1S/C17H12BrClN4O2/c18-11-5-6-16(24)10(7-11)9-20-23-17(25)15-8-14(21-22-15)12-3-1-2-4-13(12)19/h1-9,24H,(H,21,22)(H,23,25)/b20-9-. The van der Waals surface area contributed by atoms with Gasteiger partial charge in [0.05, 0.1) is 16.9 Å². The van der Waals surface area contributed by atoms with Crippen molar-refractivity contribution in [1.29, 1.82) is 0 Å². The lowest BCUT2D eigenvalue weighted by Crippen LogP contribution is -2.18. The Morgan fingerprint density at radius 3 is 2.88 bits per heavy atom. The molecule has 0 saturated heterocycles. The van der Waals surface area contributed by atoms with Crippen LogP contribution < -0.4 is 5.43 Å². The second-order valence-electron chi connectivity index (χ2n) is 5.05. The molecule has 126 valence electrons. The zero-order chi connectivity index (χ0) is 17.8. The van der Waals surface area contributed by atoms with Gasteiger partial charge in [0.2, 0.25) is 0 Å². The number of phenols is 1. The number of nitrogens with zero attached hydrogens (tertiary/aromatic N) is 2. The smallest absolute Gasteiger partial charge is 0.289 e. The molecule has 0 spiro atoms. The third-order valence-corrected chi connectivity index (χ3v) is 4.15. The van der Waals surface area contributed by atoms with E-state index < -0.39 is 5.91 Å². The van der Waals surface area contributed by atoms with Gasteiger partial charge in [0, 0.05) is 15.6 Å². The van der Waals surface area contributed by atoms with Crippen LogP contribution in [0.1, 0.15) is 16.1 Å². The number of hydrazone groups is 1. The minimum absolute atomic E-state index is 0.0590. The lowest BCUT2D eigenvalue weighted by molar-refractivity contribution is 0.0950. The predicted molar refractivity (Wildman–Crippen MR) is 99.9 cm³/mol. The van der Waals surface area contributed by atoms with Gasteiger partial charge in [0.15, 0.2) is 0 Å². The first-order valence-corrected chi connectivity index (χ1v) is 8.34. The molecule has 0 bridgehead atoms. The minimum atomic E-state index is -0.462. The number of aromatic amines is 1. The van der Waals surface area contributed by atoms with E-state index in [9.17, 15) is 9.90 Å². The third-order valence-electron chi connectivity index (χ3n) is 3.33. The Morgan fingerprint density at radius 2 is 2.08 bits per heavy atom. The Labute approximate surface area is 156 Å². The Morgan fingerprint density at radius 1 is 1.28 bits per heavy atom. The predicted octanol–water partition coefficient (Wildman–Crippen LogP) is 3.96. The van der Waals surface area contributed by atoms with Crippen molar-refractivity contribution in [3.63, 3.8) is 0 Å². The van der Waals surface area contributed by atoms with Gasteiger partial charge in [0.25, 0.3) is 5.91 Å². The molecule has 0 aliphatic heterocycles. The van der Waals surface area contributed by atoms with E-state index in [2.05, 4.69) is 36.7 Å². The molecule has 0 aliphatic rings. The summed E-state index contributed by atoms with van der Waals surface area (Å²) in [5.41, 5.74) is 4.37. The zero-order valence-electron chi connectivity index (χ0n) is 12.7. The minimum Gasteiger partial charge on any atom is -0.507 e. The van der Waals surface area contributed by atoms with Crippen molar-refractivity contribution >= 4 is 39.7 Å². The number of aromatic nitrogens is 2. The van der Waals surface area contributed by atoms with Gasteiger partial charge < -0.3 is 5.11 Å². The Kier molecular flexibility index (Phi) is 5.16. The lowest BCUT2D eigenvalue weighted by atomic mass is 10.1. The molecular formula is C17H12BrClN4O2. The Balaban J connectivity index is 1.71. The van der Waals surface area contributed by atoms with Crippen molar-refractivity contribution in [1.82, 2.24) is 15.6 Å². The van der Waals surface area contributed by atoms with E-state index in [1.54, 1.807) is 24.3 Å². The highest BCUT2D eigenvalue weighted by molar-refractivity contribution is 9.10. The van der Waals surface area contributed by atoms with Gasteiger partial charge in [0.1, 0.15) is 11.4 Å². The fourth-order valence-electron chi connectivity index (χ4n) is 2.09. The second-order valence-corrected chi connectivity index (χ2v) is 6.37. The van der Waals surface area contributed by atoms with Crippen LogP contribution in [-0.4, -0.2) is 27.4 Å². The first-order valence-electron chi connectivity index (χ1n) is 7.17. The quantitative estimate of drug-likeness (QED) is 0.441. The molecule has 8 heteroatoms. The van der Waals surface area contributed by atoms with Gasteiger partial charge in [-0.1, -0.05) is 45.7 Å². The van der Waals surface area contributed by atoms with Gasteiger partial charge in [-0.25, -0.2) is 5.43 Å². The number of amides is 1. The normalized spacial score (nSPS) is 11.0. The SMILES string of the molecule is O=C(N/N=C\c1cc(Br)ccc1O)c1cc(-c2ccccc2Cl)n[nH]1. The second kappa shape index (κ2) is 7.50. The summed E-state index contributed by atoms with van der Waals surface area (Å²) in [6, 6.07) is 13.7. The molecule has 1 aromatic heterocycles. The van der Waals surface area contributed by atoms with Crippen LogP contribution in [0.3, 0.4) is 0 Å². The highest BCUT2D eigenvalue weighted by atomic mass is 79.9. The lowest BCUT2D eigenvalue weighted by Gasteiger charge is -2.00. The summed E-state index contributed by atoms with van der Waals surface area (Å²) in [5.74, 6) is -0.403. The molecule has 0 fully saturated rings. The number of aromatic hydroxyl groups is 1. The van der Waals surface area contributed by atoms with E-state index in [-0.39, 0.29) is 11.4 Å². The van der Waals surface area contributed by atoms with Crippen LogP contribution in [0.25, 0.3) is 11.3 Å². The van der Waals surface area contributed by atoms with Crippen molar-refractivity contribution in [2.45, 2.75) is 0 Å². The third kappa shape index (κ3) is 4.07. The van der Waals surface area contributed by atoms with Crippen LogP contribution in [0.15, 0.2) is 58.1 Å². The van der Waals surface area contributed by atoms with Crippen molar-refractivity contribution in [2.24, 2.45) is 5.10 Å². The maximum atomic E-state index is 12.1. The van der Waals surface area contributed by atoms with Crippen LogP contribution in [-0.2, 0) is 0 Å². The highest BCUT2D eigenvalue weighted by Crippen LogP contribution is 2.26. The Hall–Kier alpha value is -2.64. The van der Waals surface area contributed by atoms with E-state index in [1.807, 2.05) is 18.2 Å². The molecular weight excluding hydrogens is 408 g/mol. The Bertz CT molecular complexity index is 955. The molecule has 25 heavy (non-hydrogen) atoms. The van der Waals surface area contributed by atoms with Crippen LogP contribution >= 0.6 is 27.5 Å². The van der Waals surface area contributed by atoms with Crippen molar-refractivity contribution in [3.8, 4) is 17.0 Å². The van der Waals surface area contributed by atoms with Crippen LogP contribution in [0, 0.1) is 0 Å². The number of carbonyl (C=O) groups excluding carboxylic acids is 1. The molecule has 3 N–H and O–H groups in total. The summed E-state index contributed by atoms with van der Waals surface area (Å²) in [4.78, 5) is 12.1. The first-order chi connectivity index (χ1) is 12.0. The first kappa shape index (κ1) is 17.2. The fraction of sp³-hybridized carbons (Fsp3) is 0. The topological polar surface area (TPSA) is 90.4 Å². The fourth-order valence-corrected chi connectivity index (χ4v) is 2.71. The molecule has 0 radical (unpaired) electrons.